The van der Waals surface area contributed by atoms with Crippen LogP contribution in [0.25, 0.3) is 0 Å². The Morgan fingerprint density at radius 3 is 2.65 bits per heavy atom. The molecule has 7 heteroatoms. The molecule has 6 nitrogen and oxygen atoms in total. The molecule has 0 radical (unpaired) electrons. The predicted octanol–water partition coefficient (Wildman–Crippen LogP) is 3.63. The topological polar surface area (TPSA) is 81.0 Å². The lowest BCUT2D eigenvalue weighted by Crippen LogP contribution is -2.09. The molecule has 0 saturated heterocycles. The molecule has 0 aliphatic rings. The molecule has 2 heterocycles. The Labute approximate surface area is 124 Å². The van der Waals surface area contributed by atoms with E-state index in [0.29, 0.717) is 15.9 Å². The second-order valence-electron chi connectivity index (χ2n) is 4.33. The van der Waals surface area contributed by atoms with Gasteiger partial charge in [0, 0.05) is 18.0 Å². The van der Waals surface area contributed by atoms with Gasteiger partial charge in [0.25, 0.3) is 5.69 Å². The van der Waals surface area contributed by atoms with Gasteiger partial charge in [-0.1, -0.05) is 0 Å². The largest absolute Gasteiger partial charge is 0.363 e. The number of nitro groups is 1. The van der Waals surface area contributed by atoms with Crippen molar-refractivity contribution in [2.45, 2.75) is 19.9 Å². The molecule has 0 aliphatic heterocycles. The molecule has 0 aromatic carbocycles. The first kappa shape index (κ1) is 14.4. The maximum absolute atomic E-state index is 10.8. The summed E-state index contributed by atoms with van der Waals surface area (Å²) < 4.78 is 0.604. The number of anilines is 1. The fraction of sp³-hybridized carbons (Fsp3) is 0.231. The first-order chi connectivity index (χ1) is 9.50. The zero-order valence-corrected chi connectivity index (χ0v) is 12.6. The van der Waals surface area contributed by atoms with Gasteiger partial charge in [0.05, 0.1) is 15.4 Å². The molecule has 1 N–H and O–H groups in total. The van der Waals surface area contributed by atoms with Crippen LogP contribution in [0.1, 0.15) is 24.1 Å². The molecule has 0 saturated carbocycles. The van der Waals surface area contributed by atoms with Crippen molar-refractivity contribution in [3.05, 3.63) is 56.4 Å². The average molecular weight is 337 g/mol. The molecule has 0 fully saturated rings. The van der Waals surface area contributed by atoms with Gasteiger partial charge >= 0.3 is 0 Å². The highest BCUT2D eigenvalue weighted by atomic mass is 79.9. The maximum atomic E-state index is 10.8. The van der Waals surface area contributed by atoms with Crippen molar-refractivity contribution in [2.75, 3.05) is 5.32 Å². The summed E-state index contributed by atoms with van der Waals surface area (Å²) in [6.07, 6.45) is 4.70. The molecular weight excluding hydrogens is 324 g/mol. The summed E-state index contributed by atoms with van der Waals surface area (Å²) in [5.41, 5.74) is 1.61. The van der Waals surface area contributed by atoms with Crippen molar-refractivity contribution >= 4 is 27.4 Å². The van der Waals surface area contributed by atoms with E-state index in [2.05, 4.69) is 31.2 Å². The van der Waals surface area contributed by atoms with E-state index in [4.69, 9.17) is 0 Å². The normalized spacial score (nSPS) is 11.9. The molecule has 2 aromatic rings. The lowest BCUT2D eigenvalue weighted by Gasteiger charge is -2.16. The lowest BCUT2D eigenvalue weighted by atomic mass is 10.1. The van der Waals surface area contributed by atoms with Crippen molar-refractivity contribution in [2.24, 2.45) is 0 Å². The van der Waals surface area contributed by atoms with E-state index >= 15 is 0 Å². The molecule has 1 atom stereocenters. The first-order valence-electron chi connectivity index (χ1n) is 5.96. The lowest BCUT2D eigenvalue weighted by molar-refractivity contribution is -0.385. The highest BCUT2D eigenvalue weighted by molar-refractivity contribution is 9.10. The van der Waals surface area contributed by atoms with Gasteiger partial charge in [-0.05, 0) is 47.5 Å². The van der Waals surface area contributed by atoms with Crippen LogP contribution in [0.3, 0.4) is 0 Å². The van der Waals surface area contributed by atoms with Crippen LogP contribution in [0.5, 0.6) is 0 Å². The van der Waals surface area contributed by atoms with E-state index in [0.717, 1.165) is 5.56 Å². The molecule has 0 amide bonds. The molecular formula is C13H13BrN4O2. The number of halogens is 1. The minimum absolute atomic E-state index is 0.000936. The summed E-state index contributed by atoms with van der Waals surface area (Å²) in [7, 11) is 0. The molecule has 104 valence electrons. The van der Waals surface area contributed by atoms with E-state index in [9.17, 15) is 10.1 Å². The van der Waals surface area contributed by atoms with Gasteiger partial charge in [-0.2, -0.15) is 0 Å². The Morgan fingerprint density at radius 2 is 2.05 bits per heavy atom. The monoisotopic (exact) mass is 336 g/mol. The van der Waals surface area contributed by atoms with Crippen molar-refractivity contribution < 1.29 is 4.92 Å². The van der Waals surface area contributed by atoms with Gasteiger partial charge in [0.15, 0.2) is 0 Å². The van der Waals surface area contributed by atoms with Gasteiger partial charge in [-0.25, -0.2) is 4.98 Å². The Hall–Kier alpha value is -2.02. The molecule has 0 bridgehead atoms. The molecule has 2 aromatic heterocycles. The van der Waals surface area contributed by atoms with Gasteiger partial charge in [0.2, 0.25) is 0 Å². The fourth-order valence-electron chi connectivity index (χ4n) is 1.79. The van der Waals surface area contributed by atoms with E-state index in [1.54, 1.807) is 19.3 Å². The van der Waals surface area contributed by atoms with Gasteiger partial charge in [0.1, 0.15) is 12.0 Å². The number of pyridine rings is 2. The second kappa shape index (κ2) is 5.96. The predicted molar refractivity (Wildman–Crippen MR) is 79.6 cm³/mol. The molecule has 0 aliphatic carbocycles. The van der Waals surface area contributed by atoms with Gasteiger partial charge in [-0.3, -0.25) is 15.1 Å². The van der Waals surface area contributed by atoms with E-state index in [1.807, 2.05) is 19.1 Å². The molecule has 20 heavy (non-hydrogen) atoms. The smallest absolute Gasteiger partial charge is 0.291 e. The van der Waals surface area contributed by atoms with Crippen LogP contribution in [-0.4, -0.2) is 14.9 Å². The van der Waals surface area contributed by atoms with Crippen LogP contribution in [0.15, 0.2) is 35.2 Å². The van der Waals surface area contributed by atoms with Crippen LogP contribution in [0.4, 0.5) is 11.5 Å². The van der Waals surface area contributed by atoms with Gasteiger partial charge in [-0.15, -0.1) is 0 Å². The van der Waals surface area contributed by atoms with Crippen molar-refractivity contribution in [1.82, 2.24) is 9.97 Å². The van der Waals surface area contributed by atoms with E-state index < -0.39 is 4.92 Å². The SMILES string of the molecule is Cc1c([N+](=O)[O-])cnc(NC(C)c2ccncc2)c1Br. The van der Waals surface area contributed by atoms with Crippen molar-refractivity contribution in [1.29, 1.82) is 0 Å². The number of hydrogen-bond donors (Lipinski definition) is 1. The number of nitrogens with zero attached hydrogens (tertiary/aromatic N) is 3. The zero-order valence-electron chi connectivity index (χ0n) is 11.0. The van der Waals surface area contributed by atoms with Crippen LogP contribution >= 0.6 is 15.9 Å². The quantitative estimate of drug-likeness (QED) is 0.681. The third-order valence-electron chi connectivity index (χ3n) is 2.99. The number of nitrogens with one attached hydrogen (secondary N) is 1. The van der Waals surface area contributed by atoms with Gasteiger partial charge < -0.3 is 5.32 Å². The zero-order chi connectivity index (χ0) is 14.7. The van der Waals surface area contributed by atoms with Crippen molar-refractivity contribution in [3.63, 3.8) is 0 Å². The standard InChI is InChI=1S/C13H13BrN4O2/c1-8-11(18(19)20)7-16-13(12(8)14)17-9(2)10-3-5-15-6-4-10/h3-7,9H,1-2H3,(H,16,17). The Balaban J connectivity index is 2.27. The summed E-state index contributed by atoms with van der Waals surface area (Å²) >= 11 is 3.36. The Morgan fingerprint density at radius 1 is 1.40 bits per heavy atom. The third-order valence-corrected chi connectivity index (χ3v) is 3.96. The minimum Gasteiger partial charge on any atom is -0.363 e. The van der Waals surface area contributed by atoms with Crippen LogP contribution in [-0.2, 0) is 0 Å². The molecule has 1 unspecified atom stereocenters. The minimum atomic E-state index is -0.441. The summed E-state index contributed by atoms with van der Waals surface area (Å²) in [6, 6.07) is 3.83. The number of hydrogen-bond acceptors (Lipinski definition) is 5. The highest BCUT2D eigenvalue weighted by Gasteiger charge is 2.18. The highest BCUT2D eigenvalue weighted by Crippen LogP contribution is 2.32. The Bertz CT molecular complexity index is 634. The molecule has 0 spiro atoms. The summed E-state index contributed by atoms with van der Waals surface area (Å²) in [6.45, 7) is 3.67. The average Bonchev–Trinajstić information content (AvgIpc) is 2.44. The van der Waals surface area contributed by atoms with Crippen LogP contribution in [0.2, 0.25) is 0 Å². The third kappa shape index (κ3) is 2.93. The Kier molecular flexibility index (Phi) is 4.29. The van der Waals surface area contributed by atoms with E-state index in [1.165, 1.54) is 6.20 Å². The maximum Gasteiger partial charge on any atom is 0.291 e. The second-order valence-corrected chi connectivity index (χ2v) is 5.13. The number of aromatic nitrogens is 2. The summed E-state index contributed by atoms with van der Waals surface area (Å²) in [4.78, 5) is 18.5. The number of rotatable bonds is 4. The van der Waals surface area contributed by atoms with Crippen molar-refractivity contribution in [3.8, 4) is 0 Å². The first-order valence-corrected chi connectivity index (χ1v) is 6.76. The summed E-state index contributed by atoms with van der Waals surface area (Å²) in [5.74, 6) is 0.581. The molecule has 2 rings (SSSR count). The van der Waals surface area contributed by atoms with Crippen LogP contribution < -0.4 is 5.32 Å². The van der Waals surface area contributed by atoms with E-state index in [-0.39, 0.29) is 11.7 Å². The summed E-state index contributed by atoms with van der Waals surface area (Å²) in [5, 5.41) is 14.1. The fourth-order valence-corrected chi connectivity index (χ4v) is 2.21. The van der Waals surface area contributed by atoms with Crippen LogP contribution in [0, 0.1) is 17.0 Å².